The van der Waals surface area contributed by atoms with E-state index in [-0.39, 0.29) is 5.73 Å². The molecule has 0 amide bonds. The summed E-state index contributed by atoms with van der Waals surface area (Å²) < 4.78 is 6.01. The lowest BCUT2D eigenvalue weighted by atomic mass is 10.2. The Bertz CT molecular complexity index is 324. The molecule has 2 heteroatoms. The molecule has 0 heterocycles. The normalized spacial score (nSPS) is 14.2. The maximum Gasteiger partial charge on any atom is 0.0842 e. The summed E-state index contributed by atoms with van der Waals surface area (Å²) in [5.41, 5.74) is 1.59. The topological polar surface area (TPSA) is 9.23 Å². The van der Waals surface area contributed by atoms with Crippen molar-refractivity contribution in [3.05, 3.63) is 48.0 Å². The predicted molar refractivity (Wildman–Crippen MR) is 73.3 cm³/mol. The van der Waals surface area contributed by atoms with Crippen LogP contribution in [0.4, 0.5) is 0 Å². The third kappa shape index (κ3) is 3.95. The molecule has 0 aromatic heterocycles. The third-order valence-electron chi connectivity index (χ3n) is 2.48. The van der Waals surface area contributed by atoms with Gasteiger partial charge in [-0.15, -0.1) is 0 Å². The summed E-state index contributed by atoms with van der Waals surface area (Å²) in [6.45, 7) is 9.77. The molecular formula is C14H22OSi. The van der Waals surface area contributed by atoms with Crippen LogP contribution >= 0.6 is 0 Å². The SMILES string of the molecule is C/C=C/COC(c1ccccc1)[Si](C)(C)C. The van der Waals surface area contributed by atoms with E-state index in [1.165, 1.54) is 5.56 Å². The molecule has 1 nitrogen and oxygen atoms in total. The second kappa shape index (κ2) is 6.02. The minimum absolute atomic E-state index is 0.282. The number of benzene rings is 1. The molecule has 0 saturated carbocycles. The highest BCUT2D eigenvalue weighted by molar-refractivity contribution is 6.77. The summed E-state index contributed by atoms with van der Waals surface area (Å²) >= 11 is 0. The number of ether oxygens (including phenoxy) is 1. The van der Waals surface area contributed by atoms with Crippen LogP contribution in [0.25, 0.3) is 0 Å². The molecule has 0 N–H and O–H groups in total. The fourth-order valence-electron chi connectivity index (χ4n) is 1.72. The van der Waals surface area contributed by atoms with Crippen molar-refractivity contribution in [2.45, 2.75) is 32.3 Å². The zero-order valence-corrected chi connectivity index (χ0v) is 11.7. The minimum Gasteiger partial charge on any atom is -0.373 e. The highest BCUT2D eigenvalue weighted by Crippen LogP contribution is 2.27. The lowest BCUT2D eigenvalue weighted by molar-refractivity contribution is 0.126. The number of hydrogen-bond acceptors (Lipinski definition) is 1. The van der Waals surface area contributed by atoms with Gasteiger partial charge in [0.1, 0.15) is 0 Å². The molecule has 0 bridgehead atoms. The summed E-state index contributed by atoms with van der Waals surface area (Å²) in [6, 6.07) is 10.6. The van der Waals surface area contributed by atoms with Crippen LogP contribution in [0.5, 0.6) is 0 Å². The molecule has 1 aromatic rings. The molecule has 0 fully saturated rings. The molecule has 0 spiro atoms. The quantitative estimate of drug-likeness (QED) is 0.548. The summed E-state index contributed by atoms with van der Waals surface area (Å²) in [5.74, 6) is 0. The predicted octanol–water partition coefficient (Wildman–Crippen LogP) is 4.20. The van der Waals surface area contributed by atoms with Gasteiger partial charge in [-0.2, -0.15) is 0 Å². The van der Waals surface area contributed by atoms with Crippen LogP contribution in [0.3, 0.4) is 0 Å². The molecule has 16 heavy (non-hydrogen) atoms. The standard InChI is InChI=1S/C14H22OSi/c1-5-6-12-15-14(16(2,3)4)13-10-8-7-9-11-13/h5-11,14H,12H2,1-4H3/b6-5+. The van der Waals surface area contributed by atoms with Gasteiger partial charge in [0.2, 0.25) is 0 Å². The van der Waals surface area contributed by atoms with E-state index in [1.54, 1.807) is 0 Å². The third-order valence-corrected chi connectivity index (χ3v) is 4.56. The summed E-state index contributed by atoms with van der Waals surface area (Å²) in [5, 5.41) is 0. The lowest BCUT2D eigenvalue weighted by Crippen LogP contribution is -2.33. The second-order valence-electron chi connectivity index (χ2n) is 5.06. The smallest absolute Gasteiger partial charge is 0.0842 e. The van der Waals surface area contributed by atoms with Crippen molar-refractivity contribution in [3.8, 4) is 0 Å². The van der Waals surface area contributed by atoms with Crippen LogP contribution in [0, 0.1) is 0 Å². The first-order valence-corrected chi connectivity index (χ1v) is 9.41. The summed E-state index contributed by atoms with van der Waals surface area (Å²) in [7, 11) is -1.33. The Hall–Kier alpha value is -0.863. The number of hydrogen-bond donors (Lipinski definition) is 0. The van der Waals surface area contributed by atoms with Crippen molar-refractivity contribution < 1.29 is 4.74 Å². The van der Waals surface area contributed by atoms with Crippen molar-refractivity contribution in [3.63, 3.8) is 0 Å². The van der Waals surface area contributed by atoms with Gasteiger partial charge in [0, 0.05) is 0 Å². The summed E-state index contributed by atoms with van der Waals surface area (Å²) in [4.78, 5) is 0. The second-order valence-corrected chi connectivity index (χ2v) is 10.3. The molecule has 0 radical (unpaired) electrons. The first-order chi connectivity index (χ1) is 7.55. The average Bonchev–Trinajstić information content (AvgIpc) is 2.24. The molecule has 1 aromatic carbocycles. The Labute approximate surface area is 100 Å². The van der Waals surface area contributed by atoms with E-state index >= 15 is 0 Å². The van der Waals surface area contributed by atoms with E-state index < -0.39 is 8.07 Å². The van der Waals surface area contributed by atoms with Crippen LogP contribution in [0.1, 0.15) is 18.2 Å². The van der Waals surface area contributed by atoms with E-state index in [9.17, 15) is 0 Å². The van der Waals surface area contributed by atoms with E-state index in [2.05, 4.69) is 56.0 Å². The molecular weight excluding hydrogens is 212 g/mol. The summed E-state index contributed by atoms with van der Waals surface area (Å²) in [6.07, 6.45) is 4.10. The van der Waals surface area contributed by atoms with Crippen molar-refractivity contribution in [2.24, 2.45) is 0 Å². The van der Waals surface area contributed by atoms with Gasteiger partial charge >= 0.3 is 0 Å². The Kier molecular flexibility index (Phi) is 4.96. The van der Waals surface area contributed by atoms with E-state index in [0.29, 0.717) is 6.61 Å². The number of rotatable bonds is 5. The van der Waals surface area contributed by atoms with Crippen LogP contribution < -0.4 is 0 Å². The van der Waals surface area contributed by atoms with Gasteiger partial charge in [0.25, 0.3) is 0 Å². The fraction of sp³-hybridized carbons (Fsp3) is 0.429. The average molecular weight is 234 g/mol. The van der Waals surface area contributed by atoms with Crippen molar-refractivity contribution in [1.29, 1.82) is 0 Å². The van der Waals surface area contributed by atoms with E-state index in [4.69, 9.17) is 4.74 Å². The molecule has 0 aliphatic rings. The fourth-order valence-corrected chi connectivity index (χ4v) is 3.51. The van der Waals surface area contributed by atoms with Crippen molar-refractivity contribution >= 4 is 8.07 Å². The van der Waals surface area contributed by atoms with Gasteiger partial charge in [-0.1, -0.05) is 62.1 Å². The molecule has 0 aliphatic heterocycles. The monoisotopic (exact) mass is 234 g/mol. The van der Waals surface area contributed by atoms with Gasteiger partial charge in [-0.3, -0.25) is 0 Å². The maximum atomic E-state index is 6.01. The molecule has 1 atom stereocenters. The zero-order chi connectivity index (χ0) is 12.0. The van der Waals surface area contributed by atoms with E-state index in [0.717, 1.165) is 0 Å². The Balaban J connectivity index is 2.80. The molecule has 1 unspecified atom stereocenters. The van der Waals surface area contributed by atoms with Gasteiger partial charge in [0.15, 0.2) is 0 Å². The molecule has 1 rings (SSSR count). The molecule has 0 saturated heterocycles. The highest BCUT2D eigenvalue weighted by Gasteiger charge is 2.28. The van der Waals surface area contributed by atoms with Crippen LogP contribution in [-0.2, 0) is 4.74 Å². The van der Waals surface area contributed by atoms with E-state index in [1.807, 2.05) is 13.0 Å². The minimum atomic E-state index is -1.33. The Morgan fingerprint density at radius 1 is 1.19 bits per heavy atom. The van der Waals surface area contributed by atoms with Gasteiger partial charge in [-0.25, -0.2) is 0 Å². The zero-order valence-electron chi connectivity index (χ0n) is 10.7. The highest BCUT2D eigenvalue weighted by atomic mass is 28.3. The first-order valence-electron chi connectivity index (χ1n) is 5.83. The van der Waals surface area contributed by atoms with Crippen LogP contribution in [0.2, 0.25) is 19.6 Å². The van der Waals surface area contributed by atoms with Crippen molar-refractivity contribution in [1.82, 2.24) is 0 Å². The van der Waals surface area contributed by atoms with Crippen molar-refractivity contribution in [2.75, 3.05) is 6.61 Å². The molecule has 88 valence electrons. The van der Waals surface area contributed by atoms with Gasteiger partial charge in [-0.05, 0) is 12.5 Å². The maximum absolute atomic E-state index is 6.01. The largest absolute Gasteiger partial charge is 0.373 e. The van der Waals surface area contributed by atoms with Crippen LogP contribution in [-0.4, -0.2) is 14.7 Å². The Morgan fingerprint density at radius 2 is 1.81 bits per heavy atom. The van der Waals surface area contributed by atoms with Gasteiger partial charge in [0.05, 0.1) is 20.4 Å². The molecule has 0 aliphatic carbocycles. The van der Waals surface area contributed by atoms with Crippen LogP contribution in [0.15, 0.2) is 42.5 Å². The Morgan fingerprint density at radius 3 is 2.31 bits per heavy atom. The van der Waals surface area contributed by atoms with Gasteiger partial charge < -0.3 is 4.74 Å². The lowest BCUT2D eigenvalue weighted by Gasteiger charge is -2.29. The first kappa shape index (κ1) is 13.2. The number of allylic oxidation sites excluding steroid dienone is 1.